The van der Waals surface area contributed by atoms with Crippen LogP contribution in [-0.2, 0) is 26.2 Å². The van der Waals surface area contributed by atoms with Crippen LogP contribution in [0.1, 0.15) is 22.3 Å². The van der Waals surface area contributed by atoms with E-state index in [2.05, 4.69) is 0 Å². The maximum absolute atomic E-state index is 12.5. The smallest absolute Gasteiger partial charge is 0.331 e. The molecule has 6 nitrogen and oxygen atoms in total. The average Bonchev–Trinajstić information content (AvgIpc) is 2.66. The van der Waals surface area contributed by atoms with E-state index >= 15 is 0 Å². The highest BCUT2D eigenvalue weighted by Gasteiger charge is 2.22. The van der Waals surface area contributed by atoms with Gasteiger partial charge in [0, 0.05) is 20.2 Å². The molecule has 7 heteroatoms. The summed E-state index contributed by atoms with van der Waals surface area (Å²) in [5.41, 5.74) is 3.64. The summed E-state index contributed by atoms with van der Waals surface area (Å²) >= 11 is 0. The summed E-state index contributed by atoms with van der Waals surface area (Å²) in [7, 11) is 0.622. The van der Waals surface area contributed by atoms with Crippen LogP contribution in [-0.4, -0.2) is 39.9 Å². The van der Waals surface area contributed by atoms with Gasteiger partial charge in [-0.1, -0.05) is 29.8 Å². The van der Waals surface area contributed by atoms with E-state index in [-0.39, 0.29) is 17.3 Å². The number of benzene rings is 2. The second-order valence-electron chi connectivity index (χ2n) is 6.57. The van der Waals surface area contributed by atoms with Crippen molar-refractivity contribution in [1.82, 2.24) is 4.31 Å². The molecule has 0 heterocycles. The first-order valence-corrected chi connectivity index (χ1v) is 10.1. The zero-order chi connectivity index (χ0) is 20.9. The molecule has 0 bridgehead atoms. The molecule has 0 aliphatic carbocycles. The molecule has 0 fully saturated rings. The molecule has 0 N–H and O–H groups in total. The molecule has 2 rings (SSSR count). The number of rotatable bonds is 7. The molecular weight excluding hydrogens is 378 g/mol. The molecule has 0 aliphatic rings. The fourth-order valence-corrected chi connectivity index (χ4v) is 3.60. The quantitative estimate of drug-likeness (QED) is 0.524. The van der Waals surface area contributed by atoms with Gasteiger partial charge in [-0.15, -0.1) is 0 Å². The van der Waals surface area contributed by atoms with Crippen molar-refractivity contribution in [2.45, 2.75) is 25.3 Å². The van der Waals surface area contributed by atoms with E-state index in [1.54, 1.807) is 12.1 Å². The minimum absolute atomic E-state index is 0.0332. The van der Waals surface area contributed by atoms with E-state index in [4.69, 9.17) is 9.47 Å². The lowest BCUT2D eigenvalue weighted by Gasteiger charge is -2.15. The maximum Gasteiger partial charge on any atom is 0.331 e. The molecule has 0 saturated heterocycles. The summed E-state index contributed by atoms with van der Waals surface area (Å²) in [6.07, 6.45) is 2.79. The molecule has 0 atom stereocenters. The molecule has 2 aromatic carbocycles. The summed E-state index contributed by atoms with van der Waals surface area (Å²) in [4.78, 5) is 12.1. The Morgan fingerprint density at radius 3 is 2.46 bits per heavy atom. The van der Waals surface area contributed by atoms with Crippen molar-refractivity contribution >= 4 is 22.1 Å². The Balaban J connectivity index is 2.15. The Kier molecular flexibility index (Phi) is 6.99. The summed E-state index contributed by atoms with van der Waals surface area (Å²) in [6.45, 7) is 4.12. The Morgan fingerprint density at radius 1 is 1.11 bits per heavy atom. The summed E-state index contributed by atoms with van der Waals surface area (Å²) in [5.74, 6) is -0.267. The highest BCUT2D eigenvalue weighted by Crippen LogP contribution is 2.27. The van der Waals surface area contributed by atoms with Gasteiger partial charge in [-0.2, -0.15) is 0 Å². The fraction of sp³-hybridized carbons (Fsp3) is 0.286. The topological polar surface area (TPSA) is 72.9 Å². The molecular formula is C21H25NO5S. The summed E-state index contributed by atoms with van der Waals surface area (Å²) in [6, 6.07) is 10.7. The van der Waals surface area contributed by atoms with Gasteiger partial charge in [0.25, 0.3) is 0 Å². The van der Waals surface area contributed by atoms with Gasteiger partial charge < -0.3 is 9.47 Å². The third-order valence-corrected chi connectivity index (χ3v) is 6.07. The molecule has 0 aliphatic heterocycles. The van der Waals surface area contributed by atoms with Crippen LogP contribution < -0.4 is 4.74 Å². The normalized spacial score (nSPS) is 11.8. The number of esters is 1. The third-order valence-electron chi connectivity index (χ3n) is 4.23. The number of carbonyl (C=O) groups excluding carboxylic acids is 1. The highest BCUT2D eigenvalue weighted by atomic mass is 32.2. The second kappa shape index (κ2) is 9.03. The SMILES string of the molecule is COc1ccc(/C=C/C(=O)OCc2cc(C)ccc2C)cc1S(=O)(=O)N(C)C. The molecule has 0 spiro atoms. The van der Waals surface area contributed by atoms with Crippen molar-refractivity contribution in [2.24, 2.45) is 0 Å². The molecule has 2 aromatic rings. The fourth-order valence-electron chi connectivity index (χ4n) is 2.51. The van der Waals surface area contributed by atoms with Gasteiger partial charge in [0.1, 0.15) is 17.3 Å². The van der Waals surface area contributed by atoms with E-state index in [0.717, 1.165) is 21.0 Å². The predicted molar refractivity (Wildman–Crippen MR) is 109 cm³/mol. The minimum atomic E-state index is -3.68. The first-order valence-electron chi connectivity index (χ1n) is 8.66. The standard InChI is InChI=1S/C21H25NO5S/c1-15-6-7-16(2)18(12-15)14-27-21(23)11-9-17-8-10-19(26-5)20(13-17)28(24,25)22(3)4/h6-13H,14H2,1-5H3/b11-9+. The van der Waals surface area contributed by atoms with Crippen LogP contribution in [0.5, 0.6) is 5.75 Å². The van der Waals surface area contributed by atoms with E-state index in [9.17, 15) is 13.2 Å². The van der Waals surface area contributed by atoms with Crippen molar-refractivity contribution < 1.29 is 22.7 Å². The van der Waals surface area contributed by atoms with Crippen molar-refractivity contribution in [3.63, 3.8) is 0 Å². The molecule has 0 aromatic heterocycles. The van der Waals surface area contributed by atoms with Gasteiger partial charge in [-0.3, -0.25) is 0 Å². The van der Waals surface area contributed by atoms with Crippen molar-refractivity contribution in [1.29, 1.82) is 0 Å². The number of hydrogen-bond donors (Lipinski definition) is 0. The third kappa shape index (κ3) is 5.21. The Bertz CT molecular complexity index is 994. The molecule has 0 saturated carbocycles. The van der Waals surface area contributed by atoms with Crippen LogP contribution in [0.3, 0.4) is 0 Å². The van der Waals surface area contributed by atoms with E-state index < -0.39 is 16.0 Å². The van der Waals surface area contributed by atoms with Crippen LogP contribution >= 0.6 is 0 Å². The largest absolute Gasteiger partial charge is 0.495 e. The molecule has 150 valence electrons. The number of hydrogen-bond acceptors (Lipinski definition) is 5. The first kappa shape index (κ1) is 21.7. The van der Waals surface area contributed by atoms with E-state index in [0.29, 0.717) is 5.56 Å². The first-order chi connectivity index (χ1) is 13.1. The predicted octanol–water partition coefficient (Wildman–Crippen LogP) is 3.32. The monoisotopic (exact) mass is 403 g/mol. The van der Waals surface area contributed by atoms with Crippen molar-refractivity contribution in [2.75, 3.05) is 21.2 Å². The number of carbonyl (C=O) groups is 1. The Hall–Kier alpha value is -2.64. The van der Waals surface area contributed by atoms with Crippen molar-refractivity contribution in [3.05, 3.63) is 64.7 Å². The van der Waals surface area contributed by atoms with Crippen LogP contribution in [0.25, 0.3) is 6.08 Å². The van der Waals surface area contributed by atoms with Gasteiger partial charge in [0.15, 0.2) is 0 Å². The number of aryl methyl sites for hydroxylation is 2. The van der Waals surface area contributed by atoms with Gasteiger partial charge in [0.05, 0.1) is 7.11 Å². The van der Waals surface area contributed by atoms with Crippen LogP contribution in [0.4, 0.5) is 0 Å². The lowest BCUT2D eigenvalue weighted by atomic mass is 10.1. The zero-order valence-electron chi connectivity index (χ0n) is 16.7. The number of sulfonamides is 1. The number of nitrogens with zero attached hydrogens (tertiary/aromatic N) is 1. The highest BCUT2D eigenvalue weighted by molar-refractivity contribution is 7.89. The van der Waals surface area contributed by atoms with Gasteiger partial charge >= 0.3 is 5.97 Å². The summed E-state index contributed by atoms with van der Waals surface area (Å²) < 4.78 is 36.4. The van der Waals surface area contributed by atoms with Crippen LogP contribution in [0.2, 0.25) is 0 Å². The molecule has 0 radical (unpaired) electrons. The van der Waals surface area contributed by atoms with Gasteiger partial charge in [-0.25, -0.2) is 17.5 Å². The maximum atomic E-state index is 12.5. The van der Waals surface area contributed by atoms with E-state index in [1.807, 2.05) is 32.0 Å². The number of methoxy groups -OCH3 is 1. The summed E-state index contributed by atoms with van der Waals surface area (Å²) in [5, 5.41) is 0. The van der Waals surface area contributed by atoms with Crippen LogP contribution in [0.15, 0.2) is 47.4 Å². The second-order valence-corrected chi connectivity index (χ2v) is 8.69. The van der Waals surface area contributed by atoms with Crippen LogP contribution in [0, 0.1) is 13.8 Å². The Morgan fingerprint density at radius 2 is 1.82 bits per heavy atom. The molecule has 0 unspecified atom stereocenters. The minimum Gasteiger partial charge on any atom is -0.495 e. The molecule has 0 amide bonds. The lowest BCUT2D eigenvalue weighted by molar-refractivity contribution is -0.138. The lowest BCUT2D eigenvalue weighted by Crippen LogP contribution is -2.22. The van der Waals surface area contributed by atoms with E-state index in [1.165, 1.54) is 39.4 Å². The van der Waals surface area contributed by atoms with Crippen molar-refractivity contribution in [3.8, 4) is 5.75 Å². The molecule has 28 heavy (non-hydrogen) atoms. The average molecular weight is 404 g/mol. The number of ether oxygens (including phenoxy) is 2. The van der Waals surface area contributed by atoms with Gasteiger partial charge in [0.2, 0.25) is 10.0 Å². The zero-order valence-corrected chi connectivity index (χ0v) is 17.5. The van der Waals surface area contributed by atoms with Gasteiger partial charge in [-0.05, 0) is 48.7 Å². The Labute approximate surface area is 166 Å².